The van der Waals surface area contributed by atoms with Crippen molar-refractivity contribution in [1.29, 1.82) is 5.26 Å². The number of phenols is 2. The zero-order valence-electron chi connectivity index (χ0n) is 24.1. The minimum atomic E-state index is -0.271. The van der Waals surface area contributed by atoms with Gasteiger partial charge in [0.05, 0.1) is 0 Å². The van der Waals surface area contributed by atoms with Crippen molar-refractivity contribution in [3.63, 3.8) is 0 Å². The van der Waals surface area contributed by atoms with Gasteiger partial charge in [-0.2, -0.15) is 5.26 Å². The Kier molecular flexibility index (Phi) is 7.65. The van der Waals surface area contributed by atoms with E-state index in [1.54, 1.807) is 42.5 Å². The zero-order chi connectivity index (χ0) is 29.9. The fourth-order valence-corrected chi connectivity index (χ4v) is 5.01. The van der Waals surface area contributed by atoms with Crippen molar-refractivity contribution in [1.82, 2.24) is 0 Å². The molecule has 2 N–H and O–H groups in total. The maximum Gasteiger partial charge on any atom is 0.149 e. The first kappa shape index (κ1) is 28.3. The molecule has 5 nitrogen and oxygen atoms in total. The van der Waals surface area contributed by atoms with Crippen LogP contribution in [0.25, 0.3) is 0 Å². The van der Waals surface area contributed by atoms with E-state index in [1.807, 2.05) is 72.8 Å². The monoisotopic (exact) mass is 555 g/mol. The van der Waals surface area contributed by atoms with Crippen molar-refractivity contribution in [2.75, 3.05) is 0 Å². The van der Waals surface area contributed by atoms with Crippen molar-refractivity contribution >= 4 is 0 Å². The lowest BCUT2D eigenvalue weighted by atomic mass is 9.78. The quantitative estimate of drug-likeness (QED) is 0.199. The minimum absolute atomic E-state index is 0.240. The maximum absolute atomic E-state index is 10.0. The van der Waals surface area contributed by atoms with E-state index < -0.39 is 0 Å². The second-order valence-electron chi connectivity index (χ2n) is 11.3. The molecule has 0 aliphatic rings. The van der Waals surface area contributed by atoms with E-state index >= 15 is 0 Å². The van der Waals surface area contributed by atoms with Crippen molar-refractivity contribution in [2.45, 2.75) is 38.5 Å². The summed E-state index contributed by atoms with van der Waals surface area (Å²) in [6.45, 7) is 8.52. The van der Waals surface area contributed by atoms with Gasteiger partial charge in [0.15, 0.2) is 0 Å². The molecule has 0 bridgehead atoms. The number of benzene rings is 5. The molecule has 0 spiro atoms. The van der Waals surface area contributed by atoms with Crippen molar-refractivity contribution in [2.24, 2.45) is 0 Å². The number of aromatic hydroxyl groups is 2. The first-order chi connectivity index (χ1) is 20.1. The Bertz CT molecular complexity index is 1590. The van der Waals surface area contributed by atoms with E-state index in [9.17, 15) is 15.5 Å². The molecule has 0 atom stereocenters. The third kappa shape index (κ3) is 5.80. The second kappa shape index (κ2) is 11.3. The molecule has 0 saturated heterocycles. The number of rotatable bonds is 8. The molecular formula is C37H33NO4. The van der Waals surface area contributed by atoms with Crippen LogP contribution in [0.2, 0.25) is 0 Å². The Morgan fingerprint density at radius 1 is 0.500 bits per heavy atom. The van der Waals surface area contributed by atoms with Crippen molar-refractivity contribution in [3.05, 3.63) is 143 Å². The minimum Gasteiger partial charge on any atom is -0.508 e. The molecule has 0 saturated carbocycles. The van der Waals surface area contributed by atoms with Gasteiger partial charge in [-0.25, -0.2) is 0 Å². The van der Waals surface area contributed by atoms with Crippen LogP contribution in [0.15, 0.2) is 115 Å². The molecule has 5 aromatic carbocycles. The molecular weight excluding hydrogens is 522 g/mol. The van der Waals surface area contributed by atoms with Gasteiger partial charge in [-0.05, 0) is 82.9 Å². The molecule has 0 heterocycles. The van der Waals surface area contributed by atoms with E-state index in [-0.39, 0.29) is 22.3 Å². The lowest BCUT2D eigenvalue weighted by Crippen LogP contribution is -2.18. The van der Waals surface area contributed by atoms with Crippen LogP contribution >= 0.6 is 0 Å². The van der Waals surface area contributed by atoms with Crippen LogP contribution in [0.5, 0.6) is 34.5 Å². The van der Waals surface area contributed by atoms with Gasteiger partial charge in [0.1, 0.15) is 46.1 Å². The van der Waals surface area contributed by atoms with E-state index in [0.717, 1.165) is 22.3 Å². The average Bonchev–Trinajstić information content (AvgIpc) is 2.98. The lowest BCUT2D eigenvalue weighted by Gasteiger charge is -2.26. The van der Waals surface area contributed by atoms with E-state index in [1.165, 1.54) is 0 Å². The molecule has 0 fully saturated rings. The number of hydrogen-bond acceptors (Lipinski definition) is 5. The molecule has 0 aliphatic carbocycles. The van der Waals surface area contributed by atoms with Gasteiger partial charge in [0.25, 0.3) is 0 Å². The van der Waals surface area contributed by atoms with Gasteiger partial charge in [-0.15, -0.1) is 0 Å². The summed E-state index contributed by atoms with van der Waals surface area (Å²) in [4.78, 5) is 0. The van der Waals surface area contributed by atoms with Crippen molar-refractivity contribution < 1.29 is 19.7 Å². The fraction of sp³-hybridized carbons (Fsp3) is 0.162. The molecule has 5 rings (SSSR count). The van der Waals surface area contributed by atoms with Gasteiger partial charge in [-0.3, -0.25) is 0 Å². The Balaban J connectivity index is 1.33. The van der Waals surface area contributed by atoms with Crippen LogP contribution in [-0.2, 0) is 10.8 Å². The molecule has 0 unspecified atom stereocenters. The molecule has 0 amide bonds. The summed E-state index contributed by atoms with van der Waals surface area (Å²) in [6.07, 6.45) is 0. The van der Waals surface area contributed by atoms with Crippen LogP contribution < -0.4 is 9.47 Å². The van der Waals surface area contributed by atoms with Gasteiger partial charge < -0.3 is 19.7 Å². The number of nitriles is 1. The van der Waals surface area contributed by atoms with Crippen molar-refractivity contribution in [3.8, 4) is 40.6 Å². The van der Waals surface area contributed by atoms with Crippen LogP contribution in [0.3, 0.4) is 0 Å². The largest absolute Gasteiger partial charge is 0.508 e. The predicted octanol–water partition coefficient (Wildman–Crippen LogP) is 9.21. The van der Waals surface area contributed by atoms with Gasteiger partial charge in [0, 0.05) is 10.8 Å². The normalized spacial score (nSPS) is 11.5. The Morgan fingerprint density at radius 2 is 0.810 bits per heavy atom. The van der Waals surface area contributed by atoms with E-state index in [2.05, 4.69) is 33.8 Å². The van der Waals surface area contributed by atoms with Crippen LogP contribution in [0.1, 0.15) is 55.5 Å². The molecule has 42 heavy (non-hydrogen) atoms. The highest BCUT2D eigenvalue weighted by molar-refractivity contribution is 5.56. The number of ether oxygens (including phenoxy) is 2. The Labute approximate surface area is 246 Å². The lowest BCUT2D eigenvalue weighted by molar-refractivity contribution is 0.457. The Morgan fingerprint density at radius 3 is 1.12 bits per heavy atom. The van der Waals surface area contributed by atoms with E-state index in [0.29, 0.717) is 28.6 Å². The predicted molar refractivity (Wildman–Crippen MR) is 165 cm³/mol. The van der Waals surface area contributed by atoms with Crippen LogP contribution in [-0.4, -0.2) is 10.2 Å². The summed E-state index contributed by atoms with van der Waals surface area (Å²) in [5, 5.41) is 29.3. The Hall–Kier alpha value is -5.21. The molecule has 0 radical (unpaired) electrons. The summed E-state index contributed by atoms with van der Waals surface area (Å²) in [7, 11) is 0. The topological polar surface area (TPSA) is 82.7 Å². The molecule has 0 aliphatic heterocycles. The van der Waals surface area contributed by atoms with Gasteiger partial charge >= 0.3 is 0 Å². The second-order valence-corrected chi connectivity index (χ2v) is 11.3. The smallest absolute Gasteiger partial charge is 0.149 e. The SMILES string of the molecule is CC(C)(c1ccc(O)cc1)c1ccc(Oc2cccc(Oc3ccc(C(C)(C)c4ccc(O)cc4)cc3)c2C#N)cc1. The highest BCUT2D eigenvalue weighted by atomic mass is 16.5. The number of phenolic OH excluding ortho intramolecular Hbond substituents is 2. The fourth-order valence-electron chi connectivity index (χ4n) is 5.01. The third-order valence-corrected chi connectivity index (χ3v) is 7.89. The van der Waals surface area contributed by atoms with E-state index in [4.69, 9.17) is 9.47 Å². The molecule has 5 aromatic rings. The average molecular weight is 556 g/mol. The maximum atomic E-state index is 10.0. The van der Waals surface area contributed by atoms with Gasteiger partial charge in [0.2, 0.25) is 0 Å². The van der Waals surface area contributed by atoms with Gasteiger partial charge in [-0.1, -0.05) is 82.3 Å². The third-order valence-electron chi connectivity index (χ3n) is 7.89. The first-order valence-corrected chi connectivity index (χ1v) is 13.8. The summed E-state index contributed by atoms with van der Waals surface area (Å²) in [6, 6.07) is 37.6. The van der Waals surface area contributed by atoms with Crippen LogP contribution in [0, 0.1) is 11.3 Å². The zero-order valence-corrected chi connectivity index (χ0v) is 24.1. The summed E-state index contributed by atoms with van der Waals surface area (Å²) in [5.74, 6) is 2.51. The highest BCUT2D eigenvalue weighted by Gasteiger charge is 2.24. The first-order valence-electron chi connectivity index (χ1n) is 13.8. The molecule has 210 valence electrons. The standard InChI is InChI=1S/C37H33NO4/c1-36(2,25-8-16-29(39)17-9-25)27-12-20-31(21-13-27)41-34-6-5-7-35(33(34)24-38)42-32-22-14-28(15-23-32)37(3,4)26-10-18-30(40)19-11-26/h5-23,39-40H,1-4H3. The summed E-state index contributed by atoms with van der Waals surface area (Å²) >= 11 is 0. The molecule has 5 heteroatoms. The summed E-state index contributed by atoms with van der Waals surface area (Å²) in [5.41, 5.74) is 4.12. The number of nitrogens with zero attached hydrogens (tertiary/aromatic N) is 1. The highest BCUT2D eigenvalue weighted by Crippen LogP contribution is 2.38. The number of hydrogen-bond donors (Lipinski definition) is 2. The summed E-state index contributed by atoms with van der Waals surface area (Å²) < 4.78 is 12.3. The molecule has 0 aromatic heterocycles. The van der Waals surface area contributed by atoms with Crippen LogP contribution in [0.4, 0.5) is 0 Å².